The summed E-state index contributed by atoms with van der Waals surface area (Å²) in [4.78, 5) is 20.9. The molecular weight excluding hydrogens is 162 g/mol. The SMILES string of the molecule is CC(C)NC(=O)C(O)CC(=O)O. The van der Waals surface area contributed by atoms with Crippen molar-refractivity contribution in [1.82, 2.24) is 5.32 Å². The Morgan fingerprint density at radius 3 is 2.25 bits per heavy atom. The summed E-state index contributed by atoms with van der Waals surface area (Å²) in [5.41, 5.74) is 0. The minimum atomic E-state index is -1.45. The molecule has 0 rings (SSSR count). The number of carboxylic acids is 1. The molecule has 0 heterocycles. The van der Waals surface area contributed by atoms with Gasteiger partial charge in [0.25, 0.3) is 0 Å². The van der Waals surface area contributed by atoms with Gasteiger partial charge in [0.2, 0.25) is 5.91 Å². The van der Waals surface area contributed by atoms with Crippen LogP contribution in [0, 0.1) is 0 Å². The summed E-state index contributed by atoms with van der Waals surface area (Å²) in [6.07, 6.45) is -2.01. The Morgan fingerprint density at radius 1 is 1.42 bits per heavy atom. The van der Waals surface area contributed by atoms with E-state index >= 15 is 0 Å². The molecule has 1 amide bonds. The highest BCUT2D eigenvalue weighted by Crippen LogP contribution is 1.92. The largest absolute Gasteiger partial charge is 0.481 e. The number of hydrogen-bond acceptors (Lipinski definition) is 3. The van der Waals surface area contributed by atoms with Crippen molar-refractivity contribution in [2.45, 2.75) is 32.4 Å². The summed E-state index contributed by atoms with van der Waals surface area (Å²) in [7, 11) is 0. The van der Waals surface area contributed by atoms with Gasteiger partial charge in [-0.15, -0.1) is 0 Å². The zero-order valence-corrected chi connectivity index (χ0v) is 7.07. The molecule has 0 aliphatic carbocycles. The van der Waals surface area contributed by atoms with Gasteiger partial charge in [-0.05, 0) is 13.8 Å². The molecule has 0 spiro atoms. The van der Waals surface area contributed by atoms with Gasteiger partial charge in [0.05, 0.1) is 6.42 Å². The lowest BCUT2D eigenvalue weighted by Crippen LogP contribution is -2.39. The molecule has 0 radical (unpaired) electrons. The molecule has 5 heteroatoms. The first-order valence-corrected chi connectivity index (χ1v) is 3.63. The lowest BCUT2D eigenvalue weighted by molar-refractivity contribution is -0.144. The maximum Gasteiger partial charge on any atom is 0.306 e. The Labute approximate surface area is 70.4 Å². The number of nitrogens with one attached hydrogen (secondary N) is 1. The molecule has 0 aromatic carbocycles. The van der Waals surface area contributed by atoms with Crippen LogP contribution in [0.15, 0.2) is 0 Å². The van der Waals surface area contributed by atoms with Crippen molar-refractivity contribution in [1.29, 1.82) is 0 Å². The molecule has 0 saturated heterocycles. The second kappa shape index (κ2) is 4.71. The van der Waals surface area contributed by atoms with Crippen LogP contribution in [0.3, 0.4) is 0 Å². The van der Waals surface area contributed by atoms with Crippen LogP contribution in [0.5, 0.6) is 0 Å². The lowest BCUT2D eigenvalue weighted by Gasteiger charge is -2.11. The number of amides is 1. The van der Waals surface area contributed by atoms with Gasteiger partial charge < -0.3 is 15.5 Å². The minimum absolute atomic E-state index is 0.0963. The van der Waals surface area contributed by atoms with Crippen LogP contribution in [-0.2, 0) is 9.59 Å². The van der Waals surface area contributed by atoms with Crippen LogP contribution in [0.4, 0.5) is 0 Å². The molecule has 0 aromatic heterocycles. The summed E-state index contributed by atoms with van der Waals surface area (Å²) in [5, 5.41) is 19.6. The third-order valence-electron chi connectivity index (χ3n) is 1.10. The monoisotopic (exact) mass is 175 g/mol. The summed E-state index contributed by atoms with van der Waals surface area (Å²) < 4.78 is 0. The summed E-state index contributed by atoms with van der Waals surface area (Å²) >= 11 is 0. The standard InChI is InChI=1S/C7H13NO4/c1-4(2)8-7(12)5(9)3-6(10)11/h4-5,9H,3H2,1-2H3,(H,8,12)(H,10,11). The predicted molar refractivity (Wildman–Crippen MR) is 41.5 cm³/mol. The maximum atomic E-state index is 10.9. The molecule has 1 atom stereocenters. The Balaban J connectivity index is 3.85. The quantitative estimate of drug-likeness (QED) is 0.529. The van der Waals surface area contributed by atoms with Crippen LogP contribution in [0.2, 0.25) is 0 Å². The van der Waals surface area contributed by atoms with E-state index in [0.717, 1.165) is 0 Å². The molecule has 0 aliphatic rings. The van der Waals surface area contributed by atoms with Gasteiger partial charge in [-0.3, -0.25) is 9.59 Å². The number of carboxylic acid groups (broad SMARTS) is 1. The summed E-state index contributed by atoms with van der Waals surface area (Å²) in [5.74, 6) is -1.84. The zero-order chi connectivity index (χ0) is 9.72. The van der Waals surface area contributed by atoms with Crippen molar-refractivity contribution in [3.8, 4) is 0 Å². The zero-order valence-electron chi connectivity index (χ0n) is 7.07. The van der Waals surface area contributed by atoms with Gasteiger partial charge in [0.1, 0.15) is 6.10 Å². The van der Waals surface area contributed by atoms with E-state index in [1.165, 1.54) is 0 Å². The summed E-state index contributed by atoms with van der Waals surface area (Å²) in [6.45, 7) is 3.46. The van der Waals surface area contributed by atoms with E-state index in [1.807, 2.05) is 0 Å². The molecule has 3 N–H and O–H groups in total. The van der Waals surface area contributed by atoms with Gasteiger partial charge in [-0.1, -0.05) is 0 Å². The molecule has 0 aromatic rings. The third-order valence-corrected chi connectivity index (χ3v) is 1.10. The second-order valence-electron chi connectivity index (χ2n) is 2.78. The second-order valence-corrected chi connectivity index (χ2v) is 2.78. The Bertz CT molecular complexity index is 178. The normalized spacial score (nSPS) is 12.7. The number of hydrogen-bond donors (Lipinski definition) is 3. The minimum Gasteiger partial charge on any atom is -0.481 e. The van der Waals surface area contributed by atoms with E-state index in [4.69, 9.17) is 10.2 Å². The molecule has 0 fully saturated rings. The molecule has 0 saturated carbocycles. The lowest BCUT2D eigenvalue weighted by atomic mass is 10.2. The first-order valence-electron chi connectivity index (χ1n) is 3.63. The molecule has 5 nitrogen and oxygen atoms in total. The predicted octanol–water partition coefficient (Wildman–Crippen LogP) is -0.653. The maximum absolute atomic E-state index is 10.9. The number of aliphatic hydroxyl groups is 1. The van der Waals surface area contributed by atoms with E-state index in [9.17, 15) is 9.59 Å². The van der Waals surface area contributed by atoms with Crippen LogP contribution in [0.1, 0.15) is 20.3 Å². The summed E-state index contributed by atoms with van der Waals surface area (Å²) in [6, 6.07) is -0.0963. The van der Waals surface area contributed by atoms with E-state index < -0.39 is 24.4 Å². The fourth-order valence-corrected chi connectivity index (χ4v) is 0.639. The average Bonchev–Trinajstić information content (AvgIpc) is 1.84. The van der Waals surface area contributed by atoms with E-state index in [2.05, 4.69) is 5.32 Å². The first-order chi connectivity index (χ1) is 5.43. The van der Waals surface area contributed by atoms with Crippen molar-refractivity contribution in [2.24, 2.45) is 0 Å². The number of carbonyl (C=O) groups excluding carboxylic acids is 1. The van der Waals surface area contributed by atoms with Crippen molar-refractivity contribution >= 4 is 11.9 Å². The van der Waals surface area contributed by atoms with Crippen LogP contribution in [-0.4, -0.2) is 34.2 Å². The molecular formula is C7H13NO4. The van der Waals surface area contributed by atoms with E-state index in [0.29, 0.717) is 0 Å². The molecule has 0 bridgehead atoms. The Kier molecular flexibility index (Phi) is 4.28. The van der Waals surface area contributed by atoms with E-state index in [1.54, 1.807) is 13.8 Å². The van der Waals surface area contributed by atoms with Crippen LogP contribution < -0.4 is 5.32 Å². The smallest absolute Gasteiger partial charge is 0.306 e. The molecule has 12 heavy (non-hydrogen) atoms. The number of aliphatic carboxylic acids is 1. The Morgan fingerprint density at radius 2 is 1.92 bits per heavy atom. The van der Waals surface area contributed by atoms with E-state index in [-0.39, 0.29) is 6.04 Å². The van der Waals surface area contributed by atoms with Gasteiger partial charge in [0.15, 0.2) is 0 Å². The van der Waals surface area contributed by atoms with Gasteiger partial charge in [0, 0.05) is 6.04 Å². The van der Waals surface area contributed by atoms with Crippen molar-refractivity contribution in [2.75, 3.05) is 0 Å². The highest BCUT2D eigenvalue weighted by atomic mass is 16.4. The topological polar surface area (TPSA) is 86.6 Å². The van der Waals surface area contributed by atoms with Crippen molar-refractivity contribution in [3.05, 3.63) is 0 Å². The van der Waals surface area contributed by atoms with Crippen molar-refractivity contribution < 1.29 is 19.8 Å². The molecule has 70 valence electrons. The fourth-order valence-electron chi connectivity index (χ4n) is 0.639. The fraction of sp³-hybridized carbons (Fsp3) is 0.714. The van der Waals surface area contributed by atoms with Crippen molar-refractivity contribution in [3.63, 3.8) is 0 Å². The molecule has 0 aliphatic heterocycles. The van der Waals surface area contributed by atoms with Crippen LogP contribution in [0.25, 0.3) is 0 Å². The third kappa shape index (κ3) is 4.68. The van der Waals surface area contributed by atoms with Gasteiger partial charge in [-0.2, -0.15) is 0 Å². The molecule has 1 unspecified atom stereocenters. The highest BCUT2D eigenvalue weighted by Gasteiger charge is 2.18. The van der Waals surface area contributed by atoms with Crippen LogP contribution >= 0.6 is 0 Å². The van der Waals surface area contributed by atoms with Gasteiger partial charge in [-0.25, -0.2) is 0 Å². The average molecular weight is 175 g/mol. The first kappa shape index (κ1) is 10.9. The number of rotatable bonds is 4. The number of carbonyl (C=O) groups is 2. The van der Waals surface area contributed by atoms with Gasteiger partial charge >= 0.3 is 5.97 Å². The number of aliphatic hydroxyl groups excluding tert-OH is 1. The Hall–Kier alpha value is -1.10. The highest BCUT2D eigenvalue weighted by molar-refractivity contribution is 5.85.